The molecule has 2 aromatic carbocycles. The van der Waals surface area contributed by atoms with E-state index < -0.39 is 0 Å². The summed E-state index contributed by atoms with van der Waals surface area (Å²) in [5.41, 5.74) is 6.65. The van der Waals surface area contributed by atoms with Crippen LogP contribution in [0.3, 0.4) is 0 Å². The molecule has 3 amide bonds. The molecular formula is C32H37N5O5. The number of hydrazone groups is 2. The first-order valence-electron chi connectivity index (χ1n) is 14.3. The second kappa shape index (κ2) is 12.6. The average molecular weight is 572 g/mol. The summed E-state index contributed by atoms with van der Waals surface area (Å²) in [7, 11) is 3.19. The van der Waals surface area contributed by atoms with Crippen LogP contribution < -0.4 is 20.2 Å². The van der Waals surface area contributed by atoms with Crippen molar-refractivity contribution in [1.82, 2.24) is 10.4 Å². The minimum Gasteiger partial charge on any atom is -0.493 e. The minimum absolute atomic E-state index is 0.00637. The van der Waals surface area contributed by atoms with Crippen LogP contribution in [-0.2, 0) is 14.4 Å². The Kier molecular flexibility index (Phi) is 8.70. The number of nitrogens with zero attached hydrogens (tertiary/aromatic N) is 3. The van der Waals surface area contributed by atoms with E-state index in [2.05, 4.69) is 28.0 Å². The molecule has 4 atom stereocenters. The molecule has 5 rings (SSSR count). The van der Waals surface area contributed by atoms with Crippen LogP contribution in [0, 0.1) is 17.8 Å². The summed E-state index contributed by atoms with van der Waals surface area (Å²) in [6.45, 7) is 3.90. The Morgan fingerprint density at radius 2 is 1.69 bits per heavy atom. The van der Waals surface area contributed by atoms with Gasteiger partial charge in [0.2, 0.25) is 17.7 Å². The van der Waals surface area contributed by atoms with Crippen molar-refractivity contribution >= 4 is 34.8 Å². The molecule has 220 valence electrons. The van der Waals surface area contributed by atoms with Gasteiger partial charge in [0, 0.05) is 35.9 Å². The normalized spacial score (nSPS) is 22.4. The zero-order valence-corrected chi connectivity index (χ0v) is 24.4. The zero-order valence-electron chi connectivity index (χ0n) is 24.4. The number of carbonyl (C=O) groups is 3. The van der Waals surface area contributed by atoms with Gasteiger partial charge in [-0.25, -0.2) is 10.4 Å². The Labute approximate surface area is 245 Å². The van der Waals surface area contributed by atoms with Crippen LogP contribution in [0.5, 0.6) is 11.5 Å². The first-order valence-corrected chi connectivity index (χ1v) is 14.3. The Morgan fingerprint density at radius 1 is 1.00 bits per heavy atom. The molecule has 0 spiro atoms. The van der Waals surface area contributed by atoms with E-state index in [1.165, 1.54) is 0 Å². The van der Waals surface area contributed by atoms with Gasteiger partial charge < -0.3 is 14.8 Å². The first kappa shape index (κ1) is 29.0. The summed E-state index contributed by atoms with van der Waals surface area (Å²) in [5, 5.41) is 13.6. The third-order valence-electron chi connectivity index (χ3n) is 8.15. The molecule has 2 aromatic rings. The first-order chi connectivity index (χ1) is 20.3. The summed E-state index contributed by atoms with van der Waals surface area (Å²) in [6, 6.07) is 12.9. The lowest BCUT2D eigenvalue weighted by Crippen LogP contribution is -2.48. The number of allylic oxidation sites excluding steroid dienone is 2. The fourth-order valence-electron chi connectivity index (χ4n) is 5.79. The summed E-state index contributed by atoms with van der Waals surface area (Å²) >= 11 is 0. The van der Waals surface area contributed by atoms with Gasteiger partial charge in [-0.15, -0.1) is 0 Å². The second-order valence-corrected chi connectivity index (χ2v) is 11.0. The lowest BCUT2D eigenvalue weighted by atomic mass is 9.76. The van der Waals surface area contributed by atoms with Crippen LogP contribution in [0.2, 0.25) is 0 Å². The highest BCUT2D eigenvalue weighted by Crippen LogP contribution is 2.37. The van der Waals surface area contributed by atoms with Crippen LogP contribution in [0.4, 0.5) is 5.69 Å². The highest BCUT2D eigenvalue weighted by Gasteiger charge is 2.41. The van der Waals surface area contributed by atoms with Gasteiger partial charge in [-0.1, -0.05) is 31.2 Å². The predicted molar refractivity (Wildman–Crippen MR) is 161 cm³/mol. The summed E-state index contributed by atoms with van der Waals surface area (Å²) < 4.78 is 10.9. The maximum absolute atomic E-state index is 13.5. The molecule has 3 aliphatic rings. The van der Waals surface area contributed by atoms with Crippen LogP contribution >= 0.6 is 0 Å². The quantitative estimate of drug-likeness (QED) is 0.429. The molecule has 0 saturated carbocycles. The third-order valence-corrected chi connectivity index (χ3v) is 8.15. The van der Waals surface area contributed by atoms with Crippen molar-refractivity contribution in [3.8, 4) is 11.5 Å². The highest BCUT2D eigenvalue weighted by atomic mass is 16.5. The van der Waals surface area contributed by atoms with Crippen molar-refractivity contribution in [3.05, 3.63) is 65.7 Å². The monoisotopic (exact) mass is 571 g/mol. The molecule has 0 aromatic heterocycles. The molecule has 10 heteroatoms. The molecule has 2 aliphatic heterocycles. The van der Waals surface area contributed by atoms with E-state index in [0.717, 1.165) is 29.0 Å². The number of hydrogen-bond donors (Lipinski definition) is 2. The summed E-state index contributed by atoms with van der Waals surface area (Å²) in [6.07, 6.45) is 6.67. The van der Waals surface area contributed by atoms with E-state index in [-0.39, 0.29) is 47.9 Å². The topological polar surface area (TPSA) is 122 Å². The number of amides is 3. The van der Waals surface area contributed by atoms with E-state index in [0.29, 0.717) is 36.4 Å². The van der Waals surface area contributed by atoms with Crippen molar-refractivity contribution in [2.45, 2.75) is 52.0 Å². The van der Waals surface area contributed by atoms with Crippen molar-refractivity contribution in [1.29, 1.82) is 0 Å². The number of methoxy groups -OCH3 is 2. The van der Waals surface area contributed by atoms with Gasteiger partial charge in [-0.2, -0.15) is 10.2 Å². The van der Waals surface area contributed by atoms with Crippen LogP contribution in [-0.4, -0.2) is 54.4 Å². The van der Waals surface area contributed by atoms with Crippen molar-refractivity contribution in [2.24, 2.45) is 28.0 Å². The zero-order chi connectivity index (χ0) is 29.8. The summed E-state index contributed by atoms with van der Waals surface area (Å²) in [4.78, 5) is 37.9. The molecule has 0 fully saturated rings. The number of carbonyl (C=O) groups excluding carboxylic acids is 3. The number of fused-ring (bicyclic) bond motifs is 1. The lowest BCUT2D eigenvalue weighted by molar-refractivity contribution is -0.140. The molecule has 0 saturated heterocycles. The Bertz CT molecular complexity index is 1450. The molecule has 0 radical (unpaired) electrons. The van der Waals surface area contributed by atoms with Gasteiger partial charge in [0.1, 0.15) is 0 Å². The van der Waals surface area contributed by atoms with Crippen molar-refractivity contribution < 1.29 is 23.9 Å². The van der Waals surface area contributed by atoms with Gasteiger partial charge in [0.05, 0.1) is 37.6 Å². The highest BCUT2D eigenvalue weighted by molar-refractivity contribution is 6.07. The lowest BCUT2D eigenvalue weighted by Gasteiger charge is -2.39. The van der Waals surface area contributed by atoms with Crippen LogP contribution in [0.25, 0.3) is 0 Å². The average Bonchev–Trinajstić information content (AvgIpc) is 3.00. The molecule has 42 heavy (non-hydrogen) atoms. The van der Waals surface area contributed by atoms with Crippen LogP contribution in [0.1, 0.15) is 57.1 Å². The fourth-order valence-corrected chi connectivity index (χ4v) is 5.79. The maximum Gasteiger partial charge on any atom is 0.247 e. The second-order valence-electron chi connectivity index (χ2n) is 11.0. The molecular weight excluding hydrogens is 534 g/mol. The molecule has 1 aliphatic carbocycles. The van der Waals surface area contributed by atoms with Crippen molar-refractivity contribution in [2.75, 3.05) is 19.5 Å². The minimum atomic E-state index is -0.270. The van der Waals surface area contributed by atoms with Gasteiger partial charge in [-0.05, 0) is 62.1 Å². The summed E-state index contributed by atoms with van der Waals surface area (Å²) in [5.74, 6) is 0.803. The molecule has 2 heterocycles. The number of rotatable bonds is 9. The number of ether oxygens (including phenoxy) is 2. The van der Waals surface area contributed by atoms with Gasteiger partial charge in [0.25, 0.3) is 0 Å². The van der Waals surface area contributed by atoms with Crippen LogP contribution in [0.15, 0.2) is 64.8 Å². The molecule has 10 nitrogen and oxygen atoms in total. The number of hydrogen-bond acceptors (Lipinski definition) is 7. The number of benzene rings is 2. The molecule has 0 bridgehead atoms. The Hall–Kier alpha value is -4.47. The van der Waals surface area contributed by atoms with E-state index in [9.17, 15) is 14.4 Å². The molecule has 2 unspecified atom stereocenters. The smallest absolute Gasteiger partial charge is 0.247 e. The fraction of sp³-hybridized carbons (Fsp3) is 0.406. The number of nitrogens with one attached hydrogen (secondary N) is 2. The maximum atomic E-state index is 13.5. The standard InChI is InChI=1S/C32H37N5O5/c1-19-17-29(39)34-35-30(19)21-10-13-23(14-11-21)33-28(38)16-9-20(2)37-32(40)25-8-6-5-7-24(25)31(36-37)22-12-15-26(41-3)27(18-22)42-4/h5-6,10-15,18-20,24-25H,7-9,16-17H2,1-4H3,(H,33,38)(H,34,39)/t19?,20?,24-,25+/m0/s1. The SMILES string of the molecule is COc1ccc(C2=NN(C(C)CCC(=O)Nc3ccc(C4=NNC(=O)CC4C)cc3)C(=O)[C@@H]3CC=CC[C@H]23)cc1OC. The van der Waals surface area contributed by atoms with Gasteiger partial charge >= 0.3 is 0 Å². The Morgan fingerprint density at radius 3 is 2.38 bits per heavy atom. The predicted octanol–water partition coefficient (Wildman–Crippen LogP) is 4.50. The van der Waals surface area contributed by atoms with E-state index in [4.69, 9.17) is 14.6 Å². The third kappa shape index (κ3) is 6.07. The largest absolute Gasteiger partial charge is 0.493 e. The van der Waals surface area contributed by atoms with Gasteiger partial charge in [-0.3, -0.25) is 14.4 Å². The van der Waals surface area contributed by atoms with E-state index in [1.807, 2.05) is 56.3 Å². The molecule has 2 N–H and O–H groups in total. The Balaban J connectivity index is 1.26. The van der Waals surface area contributed by atoms with E-state index in [1.54, 1.807) is 19.2 Å². The van der Waals surface area contributed by atoms with E-state index >= 15 is 0 Å². The number of anilines is 1. The van der Waals surface area contributed by atoms with Gasteiger partial charge in [0.15, 0.2) is 11.5 Å². The van der Waals surface area contributed by atoms with Crippen molar-refractivity contribution in [3.63, 3.8) is 0 Å².